The topological polar surface area (TPSA) is 70.7 Å². The number of rotatable bonds is 2. The second-order valence-corrected chi connectivity index (χ2v) is 5.17. The summed E-state index contributed by atoms with van der Waals surface area (Å²) < 4.78 is 5.42. The van der Waals surface area contributed by atoms with Gasteiger partial charge in [-0.25, -0.2) is 4.79 Å². The number of benzene rings is 1. The first-order chi connectivity index (χ1) is 10.0. The van der Waals surface area contributed by atoms with E-state index in [0.717, 1.165) is 5.56 Å². The van der Waals surface area contributed by atoms with E-state index >= 15 is 0 Å². The molecule has 21 heavy (non-hydrogen) atoms. The van der Waals surface area contributed by atoms with Crippen LogP contribution in [0, 0.1) is 6.92 Å². The molecule has 3 amide bonds. The minimum absolute atomic E-state index is 0.0567. The molecule has 0 saturated carbocycles. The standard InChI is InChI=1S/C15H21N3O3/c1-10-8-12(14(19)16-3)4-5-13(10)17-15(20)18-6-7-21-11(2)9-18/h4-5,8,11H,6-7,9H2,1-3H3,(H,16,19)(H,17,20)/t11-/m0/s1. The van der Waals surface area contributed by atoms with E-state index in [1.165, 1.54) is 0 Å². The van der Waals surface area contributed by atoms with Crippen molar-refractivity contribution in [2.75, 3.05) is 32.1 Å². The molecule has 0 aliphatic carbocycles. The first kappa shape index (κ1) is 15.3. The van der Waals surface area contributed by atoms with Gasteiger partial charge in [0.25, 0.3) is 5.91 Å². The second kappa shape index (κ2) is 6.58. The summed E-state index contributed by atoms with van der Waals surface area (Å²) in [6.45, 7) is 5.54. The first-order valence-corrected chi connectivity index (χ1v) is 7.01. The Bertz CT molecular complexity index is 545. The van der Waals surface area contributed by atoms with E-state index in [1.807, 2.05) is 13.8 Å². The third-order valence-electron chi connectivity index (χ3n) is 3.49. The summed E-state index contributed by atoms with van der Waals surface area (Å²) in [6, 6.07) is 5.07. The van der Waals surface area contributed by atoms with Gasteiger partial charge in [-0.3, -0.25) is 4.79 Å². The maximum absolute atomic E-state index is 12.2. The van der Waals surface area contributed by atoms with Gasteiger partial charge in [-0.15, -0.1) is 0 Å². The Morgan fingerprint density at radius 2 is 2.14 bits per heavy atom. The first-order valence-electron chi connectivity index (χ1n) is 7.01. The number of morpholine rings is 1. The average Bonchev–Trinajstić information content (AvgIpc) is 2.48. The third kappa shape index (κ3) is 3.72. The van der Waals surface area contributed by atoms with Crippen LogP contribution in [0.15, 0.2) is 18.2 Å². The molecular weight excluding hydrogens is 270 g/mol. The summed E-state index contributed by atoms with van der Waals surface area (Å²) in [6.07, 6.45) is 0.0567. The number of carbonyl (C=O) groups is 2. The zero-order valence-corrected chi connectivity index (χ0v) is 12.6. The van der Waals surface area contributed by atoms with Gasteiger partial charge in [-0.05, 0) is 37.6 Å². The lowest BCUT2D eigenvalue weighted by Crippen LogP contribution is -2.46. The lowest BCUT2D eigenvalue weighted by Gasteiger charge is -2.31. The fourth-order valence-electron chi connectivity index (χ4n) is 2.29. The number of nitrogens with one attached hydrogen (secondary N) is 2. The molecule has 0 radical (unpaired) electrons. The van der Waals surface area contributed by atoms with Gasteiger partial charge in [0, 0.05) is 31.4 Å². The van der Waals surface area contributed by atoms with Gasteiger partial charge in [-0.2, -0.15) is 0 Å². The van der Waals surface area contributed by atoms with Crippen molar-refractivity contribution in [1.82, 2.24) is 10.2 Å². The maximum atomic E-state index is 12.2. The highest BCUT2D eigenvalue weighted by molar-refractivity contribution is 5.96. The zero-order chi connectivity index (χ0) is 15.4. The Morgan fingerprint density at radius 3 is 2.76 bits per heavy atom. The summed E-state index contributed by atoms with van der Waals surface area (Å²) in [7, 11) is 1.59. The van der Waals surface area contributed by atoms with Crippen LogP contribution in [0.1, 0.15) is 22.8 Å². The Hall–Kier alpha value is -2.08. The molecule has 0 bridgehead atoms. The number of amides is 3. The fourth-order valence-corrected chi connectivity index (χ4v) is 2.29. The van der Waals surface area contributed by atoms with E-state index in [1.54, 1.807) is 30.1 Å². The summed E-state index contributed by atoms with van der Waals surface area (Å²) in [4.78, 5) is 25.5. The summed E-state index contributed by atoms with van der Waals surface area (Å²) in [5.41, 5.74) is 2.14. The molecule has 2 N–H and O–H groups in total. The van der Waals surface area contributed by atoms with Crippen LogP contribution in [-0.4, -0.2) is 49.7 Å². The Balaban J connectivity index is 2.05. The van der Waals surface area contributed by atoms with Gasteiger partial charge in [0.1, 0.15) is 0 Å². The molecule has 1 aromatic carbocycles. The van der Waals surface area contributed by atoms with Crippen LogP contribution < -0.4 is 10.6 Å². The van der Waals surface area contributed by atoms with Crippen LogP contribution in [-0.2, 0) is 4.74 Å². The number of hydrogen-bond acceptors (Lipinski definition) is 3. The van der Waals surface area contributed by atoms with Gasteiger partial charge in [0.05, 0.1) is 12.7 Å². The highest BCUT2D eigenvalue weighted by atomic mass is 16.5. The number of carbonyl (C=O) groups excluding carboxylic acids is 2. The van der Waals surface area contributed by atoms with E-state index in [0.29, 0.717) is 30.9 Å². The van der Waals surface area contributed by atoms with Crippen molar-refractivity contribution < 1.29 is 14.3 Å². The quantitative estimate of drug-likeness (QED) is 0.869. The van der Waals surface area contributed by atoms with E-state index in [2.05, 4.69) is 10.6 Å². The number of aryl methyl sites for hydroxylation is 1. The van der Waals surface area contributed by atoms with Crippen LogP contribution in [0.25, 0.3) is 0 Å². The van der Waals surface area contributed by atoms with Crippen LogP contribution in [0.4, 0.5) is 10.5 Å². The number of ether oxygens (including phenoxy) is 1. The SMILES string of the molecule is CNC(=O)c1ccc(NC(=O)N2CCO[C@@H](C)C2)c(C)c1. The van der Waals surface area contributed by atoms with Gasteiger partial charge in [-0.1, -0.05) is 0 Å². The molecular formula is C15H21N3O3. The third-order valence-corrected chi connectivity index (χ3v) is 3.49. The predicted octanol–water partition coefficient (Wildman–Crippen LogP) is 1.61. The van der Waals surface area contributed by atoms with Crippen LogP contribution in [0.3, 0.4) is 0 Å². The molecule has 2 rings (SSSR count). The molecule has 0 spiro atoms. The molecule has 0 aromatic heterocycles. The lowest BCUT2D eigenvalue weighted by molar-refractivity contribution is -0.00138. The molecule has 6 heteroatoms. The average molecular weight is 291 g/mol. The Kier molecular flexibility index (Phi) is 4.80. The number of hydrogen-bond donors (Lipinski definition) is 2. The summed E-state index contributed by atoms with van der Waals surface area (Å²) in [5.74, 6) is -0.141. The molecule has 1 atom stereocenters. The van der Waals surface area contributed by atoms with Gasteiger partial charge < -0.3 is 20.3 Å². The van der Waals surface area contributed by atoms with E-state index < -0.39 is 0 Å². The normalized spacial score (nSPS) is 18.2. The summed E-state index contributed by atoms with van der Waals surface area (Å²) >= 11 is 0. The second-order valence-electron chi connectivity index (χ2n) is 5.17. The van der Waals surface area contributed by atoms with Crippen LogP contribution in [0.2, 0.25) is 0 Å². The smallest absolute Gasteiger partial charge is 0.322 e. The zero-order valence-electron chi connectivity index (χ0n) is 12.6. The molecule has 114 valence electrons. The van der Waals surface area contributed by atoms with E-state index in [4.69, 9.17) is 4.74 Å². The highest BCUT2D eigenvalue weighted by Gasteiger charge is 2.21. The molecule has 1 fully saturated rings. The molecule has 1 aliphatic heterocycles. The van der Waals surface area contributed by atoms with Crippen molar-refractivity contribution in [3.8, 4) is 0 Å². The molecule has 1 heterocycles. The van der Waals surface area contributed by atoms with Gasteiger partial charge in [0.15, 0.2) is 0 Å². The van der Waals surface area contributed by atoms with Crippen LogP contribution in [0.5, 0.6) is 0 Å². The highest BCUT2D eigenvalue weighted by Crippen LogP contribution is 2.18. The predicted molar refractivity (Wildman–Crippen MR) is 80.6 cm³/mol. The van der Waals surface area contributed by atoms with Gasteiger partial charge in [0.2, 0.25) is 0 Å². The number of urea groups is 1. The monoisotopic (exact) mass is 291 g/mol. The van der Waals surface area contributed by atoms with Crippen molar-refractivity contribution in [2.24, 2.45) is 0 Å². The Labute approximate surface area is 124 Å². The van der Waals surface area contributed by atoms with E-state index in [9.17, 15) is 9.59 Å². The largest absolute Gasteiger partial charge is 0.375 e. The minimum Gasteiger partial charge on any atom is -0.375 e. The van der Waals surface area contributed by atoms with Crippen molar-refractivity contribution >= 4 is 17.6 Å². The van der Waals surface area contributed by atoms with Crippen molar-refractivity contribution in [3.63, 3.8) is 0 Å². The van der Waals surface area contributed by atoms with Crippen LogP contribution >= 0.6 is 0 Å². The Morgan fingerprint density at radius 1 is 1.38 bits per heavy atom. The van der Waals surface area contributed by atoms with Gasteiger partial charge >= 0.3 is 6.03 Å². The molecule has 1 aliphatic rings. The fraction of sp³-hybridized carbons (Fsp3) is 0.467. The molecule has 6 nitrogen and oxygen atoms in total. The van der Waals surface area contributed by atoms with Crippen molar-refractivity contribution in [1.29, 1.82) is 0 Å². The van der Waals surface area contributed by atoms with Crippen molar-refractivity contribution in [2.45, 2.75) is 20.0 Å². The number of nitrogens with zero attached hydrogens (tertiary/aromatic N) is 1. The molecule has 1 saturated heterocycles. The molecule has 0 unspecified atom stereocenters. The molecule has 1 aromatic rings. The minimum atomic E-state index is -0.141. The maximum Gasteiger partial charge on any atom is 0.322 e. The lowest BCUT2D eigenvalue weighted by atomic mass is 10.1. The van der Waals surface area contributed by atoms with E-state index in [-0.39, 0.29) is 18.0 Å². The van der Waals surface area contributed by atoms with Crippen molar-refractivity contribution in [3.05, 3.63) is 29.3 Å². The number of anilines is 1. The summed E-state index contributed by atoms with van der Waals surface area (Å²) in [5, 5.41) is 5.46.